The van der Waals surface area contributed by atoms with Crippen molar-refractivity contribution in [1.29, 1.82) is 0 Å². The van der Waals surface area contributed by atoms with Crippen molar-refractivity contribution in [3.8, 4) is 0 Å². The van der Waals surface area contributed by atoms with Gasteiger partial charge in [-0.05, 0) is 12.3 Å². The van der Waals surface area contributed by atoms with Crippen LogP contribution in [0.2, 0.25) is 0 Å². The molecule has 2 atom stereocenters. The first-order valence-electron chi connectivity index (χ1n) is 5.86. The van der Waals surface area contributed by atoms with E-state index in [1.165, 1.54) is 0 Å². The Morgan fingerprint density at radius 3 is 2.00 bits per heavy atom. The topological polar surface area (TPSA) is 150 Å². The third-order valence-corrected chi connectivity index (χ3v) is 3.49. The zero-order valence-corrected chi connectivity index (χ0v) is 11.8. The van der Waals surface area contributed by atoms with Gasteiger partial charge in [-0.25, -0.2) is 8.42 Å². The van der Waals surface area contributed by atoms with E-state index in [4.69, 9.17) is 5.11 Å². The van der Waals surface area contributed by atoms with E-state index in [1.807, 2.05) is 13.8 Å². The Bertz CT molecular complexity index is 353. The van der Waals surface area contributed by atoms with Crippen molar-refractivity contribution >= 4 is 10.1 Å². The maximum atomic E-state index is 10.5. The fraction of sp³-hybridized carbons (Fsp3) is 1.00. The van der Waals surface area contributed by atoms with Crippen LogP contribution in [0.25, 0.3) is 0 Å². The van der Waals surface area contributed by atoms with Crippen molar-refractivity contribution in [1.82, 2.24) is 5.32 Å². The number of hydrogen-bond acceptors (Lipinski definition) is 8. The molecule has 0 aromatic heterocycles. The summed E-state index contributed by atoms with van der Waals surface area (Å²) >= 11 is 0. The number of rotatable bonds is 9. The molecule has 9 heteroatoms. The molecule has 0 aliphatic heterocycles. The van der Waals surface area contributed by atoms with E-state index >= 15 is 0 Å². The van der Waals surface area contributed by atoms with Crippen LogP contribution in [0.4, 0.5) is 0 Å². The Labute approximate surface area is 112 Å². The van der Waals surface area contributed by atoms with Gasteiger partial charge in [-0.15, -0.1) is 0 Å². The molecule has 2 unspecified atom stereocenters. The van der Waals surface area contributed by atoms with Gasteiger partial charge in [-0.3, -0.25) is 5.32 Å². The van der Waals surface area contributed by atoms with Crippen LogP contribution in [0.1, 0.15) is 26.7 Å². The second kappa shape index (κ2) is 7.48. The Kier molecular flexibility index (Phi) is 7.37. The molecule has 0 aliphatic rings. The smallest absolute Gasteiger partial charge is 0.147 e. The van der Waals surface area contributed by atoms with E-state index in [2.05, 4.69) is 5.32 Å². The van der Waals surface area contributed by atoms with Crippen LogP contribution in [0.3, 0.4) is 0 Å². The maximum absolute atomic E-state index is 10.5. The van der Waals surface area contributed by atoms with Crippen LogP contribution in [0.15, 0.2) is 0 Å². The minimum Gasteiger partial charge on any atom is -0.746 e. The van der Waals surface area contributed by atoms with Crippen LogP contribution >= 0.6 is 0 Å². The van der Waals surface area contributed by atoms with Crippen LogP contribution in [0, 0.1) is 5.92 Å². The summed E-state index contributed by atoms with van der Waals surface area (Å²) in [5.74, 6) is 0.0900. The average molecular weight is 300 g/mol. The minimum absolute atomic E-state index is 0.0900. The quantitative estimate of drug-likeness (QED) is 0.240. The fourth-order valence-electron chi connectivity index (χ4n) is 1.83. The van der Waals surface area contributed by atoms with Crippen LogP contribution < -0.4 is 5.32 Å². The summed E-state index contributed by atoms with van der Waals surface area (Å²) in [6, 6.07) is 0. The summed E-state index contributed by atoms with van der Waals surface area (Å²) < 4.78 is 31.5. The van der Waals surface area contributed by atoms with Crippen LogP contribution in [0.5, 0.6) is 0 Å². The molecule has 116 valence electrons. The Morgan fingerprint density at radius 1 is 1.21 bits per heavy atom. The molecule has 0 aromatic rings. The van der Waals surface area contributed by atoms with Crippen molar-refractivity contribution in [2.45, 2.75) is 43.9 Å². The lowest BCUT2D eigenvalue weighted by Gasteiger charge is -2.35. The summed E-state index contributed by atoms with van der Waals surface area (Å²) in [4.78, 5) is 0. The molecule has 0 fully saturated rings. The van der Waals surface area contributed by atoms with E-state index in [0.717, 1.165) is 0 Å². The lowest BCUT2D eigenvalue weighted by atomic mass is 9.90. The maximum Gasteiger partial charge on any atom is 0.147 e. The van der Waals surface area contributed by atoms with Gasteiger partial charge in [-0.1, -0.05) is 13.8 Å². The third kappa shape index (κ3) is 6.61. The summed E-state index contributed by atoms with van der Waals surface area (Å²) in [5, 5.41) is 39.7. The molecule has 0 amide bonds. The molecule has 5 N–H and O–H groups in total. The molecular formula is C10H22NO7S-. The first-order chi connectivity index (χ1) is 8.56. The zero-order valence-electron chi connectivity index (χ0n) is 11.0. The summed E-state index contributed by atoms with van der Waals surface area (Å²) in [7, 11) is -4.91. The third-order valence-electron chi connectivity index (χ3n) is 2.64. The first-order valence-corrected chi connectivity index (χ1v) is 7.33. The van der Waals surface area contributed by atoms with E-state index < -0.39 is 47.0 Å². The number of aliphatic hydroxyl groups excluding tert-OH is 4. The molecule has 19 heavy (non-hydrogen) atoms. The van der Waals surface area contributed by atoms with Gasteiger partial charge in [0.1, 0.15) is 21.8 Å². The number of hydrogen-bond donors (Lipinski definition) is 5. The van der Waals surface area contributed by atoms with Gasteiger partial charge in [0.05, 0.1) is 18.8 Å². The van der Waals surface area contributed by atoms with E-state index in [1.54, 1.807) is 0 Å². The van der Waals surface area contributed by atoms with E-state index in [-0.39, 0.29) is 5.92 Å². The highest BCUT2D eigenvalue weighted by Crippen LogP contribution is 2.18. The molecule has 0 aliphatic carbocycles. The number of nitrogens with one attached hydrogen (secondary N) is 1. The van der Waals surface area contributed by atoms with E-state index in [9.17, 15) is 28.3 Å². The fourth-order valence-corrected chi connectivity index (χ4v) is 2.25. The van der Waals surface area contributed by atoms with Gasteiger partial charge in [0.2, 0.25) is 0 Å². The predicted octanol–water partition coefficient (Wildman–Crippen LogP) is -2.08. The van der Waals surface area contributed by atoms with E-state index in [0.29, 0.717) is 6.42 Å². The molecule has 0 heterocycles. The van der Waals surface area contributed by atoms with Gasteiger partial charge < -0.3 is 25.0 Å². The Hall–Kier alpha value is -0.290. The summed E-state index contributed by atoms with van der Waals surface area (Å²) in [6.07, 6.45) is -1.97. The van der Waals surface area contributed by atoms with Crippen molar-refractivity contribution in [3.63, 3.8) is 0 Å². The van der Waals surface area contributed by atoms with Gasteiger partial charge in [-0.2, -0.15) is 0 Å². The molecule has 8 nitrogen and oxygen atoms in total. The van der Waals surface area contributed by atoms with Gasteiger partial charge in [0, 0.05) is 6.42 Å². The predicted molar refractivity (Wildman–Crippen MR) is 65.8 cm³/mol. The Morgan fingerprint density at radius 2 is 1.68 bits per heavy atom. The molecule has 0 bridgehead atoms. The molecule has 0 radical (unpaired) electrons. The summed E-state index contributed by atoms with van der Waals surface area (Å²) in [5.41, 5.74) is -3.45. The van der Waals surface area contributed by atoms with Gasteiger partial charge >= 0.3 is 0 Å². The standard InChI is InChI=1S/C10H23NO7S/c1-7(2)4-10(5-12,6-13)11-8(14)3-9(15)19(16,17)18/h7-9,11-15H,3-6H2,1-2H3,(H,16,17,18)/p-1. The zero-order chi connectivity index (χ0) is 15.3. The molecule has 0 saturated heterocycles. The van der Waals surface area contributed by atoms with Crippen molar-refractivity contribution in [2.75, 3.05) is 13.2 Å². The largest absolute Gasteiger partial charge is 0.746 e. The lowest BCUT2D eigenvalue weighted by Crippen LogP contribution is -2.57. The van der Waals surface area contributed by atoms with Crippen molar-refractivity contribution < 1.29 is 33.4 Å². The second-order valence-corrected chi connectivity index (χ2v) is 6.57. The molecule has 0 rings (SSSR count). The minimum atomic E-state index is -4.91. The van der Waals surface area contributed by atoms with Crippen LogP contribution in [-0.2, 0) is 10.1 Å². The summed E-state index contributed by atoms with van der Waals surface area (Å²) in [6.45, 7) is 2.70. The van der Waals surface area contributed by atoms with Crippen molar-refractivity contribution in [2.24, 2.45) is 5.92 Å². The molecule has 0 saturated carbocycles. The normalized spacial score (nSPS) is 16.6. The van der Waals surface area contributed by atoms with Gasteiger partial charge in [0.15, 0.2) is 0 Å². The lowest BCUT2D eigenvalue weighted by molar-refractivity contribution is 0.00138. The Balaban J connectivity index is 4.68. The average Bonchev–Trinajstić information content (AvgIpc) is 2.25. The van der Waals surface area contributed by atoms with Crippen LogP contribution in [-0.4, -0.2) is 63.8 Å². The SMILES string of the molecule is CC(C)CC(CO)(CO)NC(O)CC(O)S(=O)(=O)[O-]. The first kappa shape index (κ1) is 18.7. The van der Waals surface area contributed by atoms with Gasteiger partial charge in [0.25, 0.3) is 0 Å². The number of aliphatic hydroxyl groups is 4. The molecular weight excluding hydrogens is 278 g/mol. The second-order valence-electron chi connectivity index (χ2n) is 5.04. The highest BCUT2D eigenvalue weighted by atomic mass is 32.2. The molecule has 0 spiro atoms. The molecule has 0 aromatic carbocycles. The highest BCUT2D eigenvalue weighted by molar-refractivity contribution is 7.86. The monoisotopic (exact) mass is 300 g/mol. The van der Waals surface area contributed by atoms with Crippen molar-refractivity contribution in [3.05, 3.63) is 0 Å². The highest BCUT2D eigenvalue weighted by Gasteiger charge is 2.32.